The summed E-state index contributed by atoms with van der Waals surface area (Å²) in [5.74, 6) is 1.03. The van der Waals surface area contributed by atoms with Crippen LogP contribution in [0.2, 0.25) is 0 Å². The fraction of sp³-hybridized carbons (Fsp3) is 0.471. The maximum atomic E-state index is 11.0. The molecule has 0 radical (unpaired) electrons. The van der Waals surface area contributed by atoms with Gasteiger partial charge in [0.15, 0.2) is 0 Å². The molecule has 2 bridgehead atoms. The molecule has 1 aromatic carbocycles. The first-order valence-corrected chi connectivity index (χ1v) is 8.18. The minimum absolute atomic E-state index is 0.381. The summed E-state index contributed by atoms with van der Waals surface area (Å²) in [6.45, 7) is 0. The van der Waals surface area contributed by atoms with Crippen molar-refractivity contribution in [3.63, 3.8) is 0 Å². The predicted octanol–water partition coefficient (Wildman–Crippen LogP) is 4.26. The van der Waals surface area contributed by atoms with Crippen molar-refractivity contribution in [2.75, 3.05) is 0 Å². The van der Waals surface area contributed by atoms with E-state index in [1.54, 1.807) is 11.3 Å². The number of rotatable bonds is 2. The van der Waals surface area contributed by atoms with E-state index >= 15 is 0 Å². The molecular formula is C17H17NOS. The van der Waals surface area contributed by atoms with Gasteiger partial charge in [0.2, 0.25) is 0 Å². The molecule has 2 fully saturated rings. The van der Waals surface area contributed by atoms with Crippen LogP contribution in [0.15, 0.2) is 29.6 Å². The molecular weight excluding hydrogens is 266 g/mol. The predicted molar refractivity (Wildman–Crippen MR) is 80.3 cm³/mol. The molecule has 20 heavy (non-hydrogen) atoms. The lowest BCUT2D eigenvalue weighted by molar-refractivity contribution is 0.0246. The summed E-state index contributed by atoms with van der Waals surface area (Å²) in [6.07, 6.45) is 3.72. The third-order valence-corrected chi connectivity index (χ3v) is 6.38. The number of thiophene rings is 1. The molecule has 1 N–H and O–H groups in total. The van der Waals surface area contributed by atoms with Crippen LogP contribution in [0.25, 0.3) is 10.1 Å². The number of fused-ring (bicyclic) bond motifs is 3. The van der Waals surface area contributed by atoms with E-state index in [4.69, 9.17) is 0 Å². The zero-order valence-electron chi connectivity index (χ0n) is 11.2. The molecule has 0 spiro atoms. The minimum atomic E-state index is -0.640. The molecule has 1 aromatic heterocycles. The smallest absolute Gasteiger partial charge is 0.0993 e. The Morgan fingerprint density at radius 3 is 2.90 bits per heavy atom. The highest BCUT2D eigenvalue weighted by molar-refractivity contribution is 7.17. The molecule has 3 heteroatoms. The van der Waals surface area contributed by atoms with Crippen molar-refractivity contribution >= 4 is 21.4 Å². The van der Waals surface area contributed by atoms with Crippen LogP contribution in [0.1, 0.15) is 37.4 Å². The minimum Gasteiger partial charge on any atom is -0.387 e. The van der Waals surface area contributed by atoms with Gasteiger partial charge in [-0.15, -0.1) is 11.3 Å². The maximum absolute atomic E-state index is 11.0. The lowest BCUT2D eigenvalue weighted by atomic mass is 9.68. The van der Waals surface area contributed by atoms with E-state index < -0.39 is 11.5 Å². The number of hydrogen-bond acceptors (Lipinski definition) is 3. The third-order valence-electron chi connectivity index (χ3n) is 5.40. The van der Waals surface area contributed by atoms with Gasteiger partial charge in [0.25, 0.3) is 0 Å². The largest absolute Gasteiger partial charge is 0.387 e. The standard InChI is InChI=1S/C17H17NOS/c18-10-17(8-11-5-6-12(17)7-11)16(19)14-9-20-15-4-2-1-3-13(14)15/h1-4,9,11-12,16,19H,5-8H2. The number of hydrogen-bond donors (Lipinski definition) is 1. The molecule has 2 aliphatic carbocycles. The first kappa shape index (κ1) is 12.4. The summed E-state index contributed by atoms with van der Waals surface area (Å²) in [5, 5.41) is 23.9. The average Bonchev–Trinajstić information content (AvgIpc) is 3.19. The maximum Gasteiger partial charge on any atom is 0.0993 e. The van der Waals surface area contributed by atoms with Crippen LogP contribution in [0.5, 0.6) is 0 Å². The molecule has 0 aliphatic heterocycles. The number of nitriles is 1. The van der Waals surface area contributed by atoms with Gasteiger partial charge in [0.05, 0.1) is 17.6 Å². The Kier molecular flexibility index (Phi) is 2.67. The van der Waals surface area contributed by atoms with E-state index in [1.807, 2.05) is 17.5 Å². The molecule has 4 unspecified atom stereocenters. The normalized spacial score (nSPS) is 33.4. The molecule has 4 rings (SSSR count). The molecule has 2 aromatic rings. The SMILES string of the molecule is N#CC1(C(O)c2csc3ccccc23)CC2CCC1C2. The molecule has 2 aliphatic rings. The van der Waals surface area contributed by atoms with Crippen molar-refractivity contribution in [2.45, 2.75) is 31.8 Å². The van der Waals surface area contributed by atoms with Gasteiger partial charge in [-0.2, -0.15) is 5.26 Å². The van der Waals surface area contributed by atoms with Crippen LogP contribution < -0.4 is 0 Å². The molecule has 0 amide bonds. The van der Waals surface area contributed by atoms with Crippen LogP contribution in [-0.4, -0.2) is 5.11 Å². The monoisotopic (exact) mass is 283 g/mol. The van der Waals surface area contributed by atoms with Crippen molar-refractivity contribution in [1.29, 1.82) is 5.26 Å². The van der Waals surface area contributed by atoms with Gasteiger partial charge in [0, 0.05) is 10.3 Å². The molecule has 2 saturated carbocycles. The first-order chi connectivity index (χ1) is 9.74. The fourth-order valence-electron chi connectivity index (χ4n) is 4.39. The highest BCUT2D eigenvalue weighted by Gasteiger charge is 2.56. The van der Waals surface area contributed by atoms with Gasteiger partial charge in [-0.3, -0.25) is 0 Å². The summed E-state index contributed by atoms with van der Waals surface area (Å²) in [7, 11) is 0. The molecule has 4 atom stereocenters. The Morgan fingerprint density at radius 1 is 1.35 bits per heavy atom. The Bertz CT molecular complexity index is 700. The molecule has 102 valence electrons. The van der Waals surface area contributed by atoms with Crippen LogP contribution in [0, 0.1) is 28.6 Å². The van der Waals surface area contributed by atoms with Crippen molar-refractivity contribution in [2.24, 2.45) is 17.3 Å². The Morgan fingerprint density at radius 2 is 2.20 bits per heavy atom. The molecule has 0 saturated heterocycles. The van der Waals surface area contributed by atoms with Gasteiger partial charge in [-0.25, -0.2) is 0 Å². The van der Waals surface area contributed by atoms with Crippen molar-refractivity contribution < 1.29 is 5.11 Å². The van der Waals surface area contributed by atoms with Crippen LogP contribution in [-0.2, 0) is 0 Å². The average molecular weight is 283 g/mol. The second-order valence-corrected chi connectivity index (χ2v) is 7.23. The highest BCUT2D eigenvalue weighted by atomic mass is 32.1. The number of benzene rings is 1. The number of nitrogens with zero attached hydrogens (tertiary/aromatic N) is 1. The zero-order valence-corrected chi connectivity index (χ0v) is 12.1. The van der Waals surface area contributed by atoms with Gasteiger partial charge in [-0.1, -0.05) is 24.6 Å². The van der Waals surface area contributed by atoms with E-state index in [9.17, 15) is 10.4 Å². The van der Waals surface area contributed by atoms with Crippen molar-refractivity contribution in [1.82, 2.24) is 0 Å². The van der Waals surface area contributed by atoms with E-state index in [0.29, 0.717) is 11.8 Å². The van der Waals surface area contributed by atoms with Crippen LogP contribution >= 0.6 is 11.3 Å². The van der Waals surface area contributed by atoms with Gasteiger partial charge in [0.1, 0.15) is 0 Å². The Balaban J connectivity index is 1.80. The van der Waals surface area contributed by atoms with E-state index in [0.717, 1.165) is 30.2 Å². The highest BCUT2D eigenvalue weighted by Crippen LogP contribution is 2.61. The zero-order chi connectivity index (χ0) is 13.7. The summed E-state index contributed by atoms with van der Waals surface area (Å²) in [5.41, 5.74) is 0.409. The second-order valence-electron chi connectivity index (χ2n) is 6.32. The quantitative estimate of drug-likeness (QED) is 0.894. The summed E-state index contributed by atoms with van der Waals surface area (Å²) >= 11 is 1.66. The van der Waals surface area contributed by atoms with Crippen LogP contribution in [0.4, 0.5) is 0 Å². The summed E-state index contributed by atoms with van der Waals surface area (Å²) < 4.78 is 1.19. The van der Waals surface area contributed by atoms with Gasteiger partial charge in [-0.05, 0) is 47.9 Å². The Labute approximate surface area is 122 Å². The lowest BCUT2D eigenvalue weighted by Crippen LogP contribution is -2.33. The van der Waals surface area contributed by atoms with Gasteiger partial charge >= 0.3 is 0 Å². The van der Waals surface area contributed by atoms with Crippen molar-refractivity contribution in [3.8, 4) is 6.07 Å². The number of aliphatic hydroxyl groups is 1. The second kappa shape index (κ2) is 4.31. The first-order valence-electron chi connectivity index (χ1n) is 7.30. The summed E-state index contributed by atoms with van der Waals surface area (Å²) in [6, 6.07) is 10.7. The van der Waals surface area contributed by atoms with E-state index in [1.165, 1.54) is 11.1 Å². The molecule has 1 heterocycles. The van der Waals surface area contributed by atoms with Crippen LogP contribution in [0.3, 0.4) is 0 Å². The number of aliphatic hydroxyl groups excluding tert-OH is 1. The summed E-state index contributed by atoms with van der Waals surface area (Å²) in [4.78, 5) is 0. The fourth-order valence-corrected chi connectivity index (χ4v) is 5.37. The topological polar surface area (TPSA) is 44.0 Å². The Hall–Kier alpha value is -1.37. The van der Waals surface area contributed by atoms with E-state index in [-0.39, 0.29) is 0 Å². The van der Waals surface area contributed by atoms with Gasteiger partial charge < -0.3 is 5.11 Å². The van der Waals surface area contributed by atoms with Crippen molar-refractivity contribution in [3.05, 3.63) is 35.2 Å². The lowest BCUT2D eigenvalue weighted by Gasteiger charge is -2.35. The molecule has 2 nitrogen and oxygen atoms in total. The third kappa shape index (κ3) is 1.52. The van der Waals surface area contributed by atoms with E-state index in [2.05, 4.69) is 18.2 Å².